The molecule has 0 saturated heterocycles. The molecule has 22 heavy (non-hydrogen) atoms. The molecule has 2 heterocycles. The normalized spacial score (nSPS) is 11.9. The van der Waals surface area contributed by atoms with E-state index in [-0.39, 0.29) is 0 Å². The lowest BCUT2D eigenvalue weighted by Crippen LogP contribution is -1.92. The van der Waals surface area contributed by atoms with E-state index in [1.165, 1.54) is 32.2 Å². The Bertz CT molecular complexity index is 958. The van der Waals surface area contributed by atoms with E-state index in [1.54, 1.807) is 11.3 Å². The number of hydrogen-bond acceptors (Lipinski definition) is 1. The molecule has 4 aromatic rings. The predicted octanol–water partition coefficient (Wildman–Crippen LogP) is 6.05. The quantitative estimate of drug-likeness (QED) is 0.434. The van der Waals surface area contributed by atoms with Crippen LogP contribution in [0.25, 0.3) is 34.0 Å². The molecule has 0 saturated carbocycles. The van der Waals surface area contributed by atoms with Crippen LogP contribution in [0.4, 0.5) is 0 Å². The number of fused-ring (bicyclic) bond motifs is 3. The predicted molar refractivity (Wildman–Crippen MR) is 98.4 cm³/mol. The maximum absolute atomic E-state index is 2.39. The summed E-state index contributed by atoms with van der Waals surface area (Å²) in [6.45, 7) is 3.20. The summed E-state index contributed by atoms with van der Waals surface area (Å²) in [6.07, 6.45) is 4.38. The average Bonchev–Trinajstić information content (AvgIpc) is 3.18. The SMILES string of the molecule is CCn1c2ccccc2c2cc(/C=C/c3cccs3)ccc21. The third kappa shape index (κ3) is 2.16. The van der Waals surface area contributed by atoms with Crippen molar-refractivity contribution < 1.29 is 0 Å². The van der Waals surface area contributed by atoms with Gasteiger partial charge in [-0.1, -0.05) is 36.4 Å². The molecule has 0 unspecified atom stereocenters. The third-order valence-corrected chi connectivity index (χ3v) is 4.93. The number of thiophene rings is 1. The maximum Gasteiger partial charge on any atom is 0.0491 e. The van der Waals surface area contributed by atoms with Gasteiger partial charge in [0, 0.05) is 33.2 Å². The standard InChI is InChI=1S/C20H17NS/c1-2-21-19-8-4-3-7-17(19)18-14-15(10-12-20(18)21)9-11-16-6-5-13-22-16/h3-14H,2H2,1H3/b11-9+. The van der Waals surface area contributed by atoms with E-state index in [4.69, 9.17) is 0 Å². The van der Waals surface area contributed by atoms with Gasteiger partial charge in [0.25, 0.3) is 0 Å². The van der Waals surface area contributed by atoms with Crippen LogP contribution in [0, 0.1) is 0 Å². The minimum absolute atomic E-state index is 0.994. The molecule has 0 fully saturated rings. The van der Waals surface area contributed by atoms with Crippen molar-refractivity contribution in [2.45, 2.75) is 13.5 Å². The fourth-order valence-electron chi connectivity index (χ4n) is 3.08. The molecule has 0 radical (unpaired) electrons. The summed E-state index contributed by atoms with van der Waals surface area (Å²) in [5.74, 6) is 0. The van der Waals surface area contributed by atoms with Crippen LogP contribution < -0.4 is 0 Å². The van der Waals surface area contributed by atoms with Crippen LogP contribution in [0.5, 0.6) is 0 Å². The van der Waals surface area contributed by atoms with Gasteiger partial charge in [-0.25, -0.2) is 0 Å². The summed E-state index contributed by atoms with van der Waals surface area (Å²) in [4.78, 5) is 1.29. The lowest BCUT2D eigenvalue weighted by molar-refractivity contribution is 0.827. The Labute approximate surface area is 134 Å². The Morgan fingerprint density at radius 3 is 2.59 bits per heavy atom. The minimum atomic E-state index is 0.994. The van der Waals surface area contributed by atoms with Gasteiger partial charge in [0.1, 0.15) is 0 Å². The fraction of sp³-hybridized carbons (Fsp3) is 0.100. The molecule has 2 aromatic carbocycles. The average molecular weight is 303 g/mol. The molecular weight excluding hydrogens is 286 g/mol. The van der Waals surface area contributed by atoms with Gasteiger partial charge in [-0.15, -0.1) is 11.3 Å². The summed E-state index contributed by atoms with van der Waals surface area (Å²) in [7, 11) is 0. The van der Waals surface area contributed by atoms with Crippen LogP contribution in [-0.2, 0) is 6.54 Å². The van der Waals surface area contributed by atoms with Gasteiger partial charge in [-0.3, -0.25) is 0 Å². The number of rotatable bonds is 3. The molecule has 0 spiro atoms. The highest BCUT2D eigenvalue weighted by Gasteiger charge is 2.08. The molecule has 0 atom stereocenters. The van der Waals surface area contributed by atoms with Crippen molar-refractivity contribution in [3.8, 4) is 0 Å². The van der Waals surface area contributed by atoms with Crippen LogP contribution in [0.2, 0.25) is 0 Å². The van der Waals surface area contributed by atoms with Crippen LogP contribution >= 0.6 is 11.3 Å². The topological polar surface area (TPSA) is 4.93 Å². The number of aromatic nitrogens is 1. The van der Waals surface area contributed by atoms with E-state index in [2.05, 4.69) is 83.6 Å². The summed E-state index contributed by atoms with van der Waals surface area (Å²) < 4.78 is 2.39. The van der Waals surface area contributed by atoms with Gasteiger partial charge in [0.05, 0.1) is 0 Å². The van der Waals surface area contributed by atoms with Gasteiger partial charge < -0.3 is 4.57 Å². The maximum atomic E-state index is 2.39. The Hall–Kier alpha value is -2.32. The molecule has 2 aromatic heterocycles. The zero-order chi connectivity index (χ0) is 14.9. The first-order valence-electron chi connectivity index (χ1n) is 7.59. The van der Waals surface area contributed by atoms with Crippen molar-refractivity contribution in [3.05, 3.63) is 70.4 Å². The Morgan fingerprint density at radius 2 is 1.77 bits per heavy atom. The van der Waals surface area contributed by atoms with E-state index in [1.807, 2.05) is 0 Å². The summed E-state index contributed by atoms with van der Waals surface area (Å²) in [5.41, 5.74) is 3.89. The molecule has 0 N–H and O–H groups in total. The van der Waals surface area contributed by atoms with E-state index in [9.17, 15) is 0 Å². The molecule has 0 amide bonds. The molecule has 0 aliphatic heterocycles. The highest BCUT2D eigenvalue weighted by molar-refractivity contribution is 7.10. The first-order valence-corrected chi connectivity index (χ1v) is 8.47. The van der Waals surface area contributed by atoms with Crippen LogP contribution in [-0.4, -0.2) is 4.57 Å². The highest BCUT2D eigenvalue weighted by Crippen LogP contribution is 2.30. The van der Waals surface area contributed by atoms with E-state index in [0.717, 1.165) is 6.54 Å². The summed E-state index contributed by atoms with van der Waals surface area (Å²) >= 11 is 1.77. The van der Waals surface area contributed by atoms with Gasteiger partial charge >= 0.3 is 0 Å². The van der Waals surface area contributed by atoms with Crippen molar-refractivity contribution >= 4 is 45.3 Å². The van der Waals surface area contributed by atoms with Crippen LogP contribution in [0.15, 0.2) is 60.0 Å². The van der Waals surface area contributed by atoms with Gasteiger partial charge in [0.2, 0.25) is 0 Å². The Kier molecular flexibility index (Phi) is 3.32. The molecular formula is C20H17NS. The van der Waals surface area contributed by atoms with Gasteiger partial charge in [0.15, 0.2) is 0 Å². The molecule has 0 bridgehead atoms. The van der Waals surface area contributed by atoms with Gasteiger partial charge in [-0.05, 0) is 48.2 Å². The van der Waals surface area contributed by atoms with Crippen LogP contribution in [0.1, 0.15) is 17.4 Å². The first kappa shape index (κ1) is 13.4. The second kappa shape index (κ2) is 5.47. The smallest absolute Gasteiger partial charge is 0.0491 e. The number of para-hydroxylation sites is 1. The summed E-state index contributed by atoms with van der Waals surface area (Å²) in [6, 6.07) is 19.6. The van der Waals surface area contributed by atoms with Crippen molar-refractivity contribution in [1.82, 2.24) is 4.57 Å². The lowest BCUT2D eigenvalue weighted by Gasteiger charge is -2.02. The Balaban J connectivity index is 1.88. The van der Waals surface area contributed by atoms with E-state index >= 15 is 0 Å². The molecule has 1 nitrogen and oxygen atoms in total. The first-order chi connectivity index (χ1) is 10.9. The molecule has 0 aliphatic carbocycles. The van der Waals surface area contributed by atoms with Gasteiger partial charge in [-0.2, -0.15) is 0 Å². The number of nitrogens with zero attached hydrogens (tertiary/aromatic N) is 1. The van der Waals surface area contributed by atoms with E-state index < -0.39 is 0 Å². The third-order valence-electron chi connectivity index (χ3n) is 4.10. The van der Waals surface area contributed by atoms with Crippen molar-refractivity contribution in [3.63, 3.8) is 0 Å². The second-order valence-electron chi connectivity index (χ2n) is 5.39. The highest BCUT2D eigenvalue weighted by atomic mass is 32.1. The minimum Gasteiger partial charge on any atom is -0.341 e. The van der Waals surface area contributed by atoms with E-state index in [0.29, 0.717) is 0 Å². The lowest BCUT2D eigenvalue weighted by atomic mass is 10.1. The van der Waals surface area contributed by atoms with Crippen molar-refractivity contribution in [1.29, 1.82) is 0 Å². The molecule has 2 heteroatoms. The fourth-order valence-corrected chi connectivity index (χ4v) is 3.70. The monoisotopic (exact) mass is 303 g/mol. The zero-order valence-electron chi connectivity index (χ0n) is 12.5. The molecule has 4 rings (SSSR count). The van der Waals surface area contributed by atoms with Crippen molar-refractivity contribution in [2.75, 3.05) is 0 Å². The van der Waals surface area contributed by atoms with Crippen LogP contribution in [0.3, 0.4) is 0 Å². The molecule has 0 aliphatic rings. The number of aryl methyl sites for hydroxylation is 1. The number of hydrogen-bond donors (Lipinski definition) is 0. The zero-order valence-corrected chi connectivity index (χ0v) is 13.3. The summed E-state index contributed by atoms with van der Waals surface area (Å²) in [5, 5.41) is 4.79. The van der Waals surface area contributed by atoms with Crippen molar-refractivity contribution in [2.24, 2.45) is 0 Å². The second-order valence-corrected chi connectivity index (χ2v) is 6.37. The number of benzene rings is 2. The largest absolute Gasteiger partial charge is 0.341 e. The Morgan fingerprint density at radius 1 is 0.909 bits per heavy atom. The molecule has 108 valence electrons.